The molecule has 31 heavy (non-hydrogen) atoms. The van der Waals surface area contributed by atoms with E-state index < -0.39 is 30.0 Å². The van der Waals surface area contributed by atoms with Crippen LogP contribution < -0.4 is 10.6 Å². The Morgan fingerprint density at radius 2 is 1.97 bits per heavy atom. The molecule has 1 aliphatic heterocycles. The van der Waals surface area contributed by atoms with Crippen LogP contribution in [0, 0.1) is 13.8 Å². The standard InChI is InChI=1S/C22H28N4O4S/c1-12-20(31-15(4)25-12)17-7-5-16(6-8-17)11-26(21(29)13(2)24-14(3)27)22(30)19-9-18(28)10-23-19/h5-8,13,18-19,23,28H,9-11H2,1-4H3,(H,24,27)/t13-,18+,19-/m0/s1. The first-order chi connectivity index (χ1) is 14.7. The van der Waals surface area contributed by atoms with Gasteiger partial charge in [0.05, 0.1) is 34.3 Å². The minimum Gasteiger partial charge on any atom is -0.392 e. The topological polar surface area (TPSA) is 112 Å². The molecule has 2 heterocycles. The number of imide groups is 1. The molecule has 1 aromatic heterocycles. The number of hydrogen-bond donors (Lipinski definition) is 3. The van der Waals surface area contributed by atoms with Crippen molar-refractivity contribution in [1.29, 1.82) is 0 Å². The Morgan fingerprint density at radius 1 is 1.29 bits per heavy atom. The van der Waals surface area contributed by atoms with E-state index in [-0.39, 0.29) is 18.9 Å². The molecule has 0 saturated carbocycles. The Bertz CT molecular complexity index is 972. The fourth-order valence-electron chi connectivity index (χ4n) is 3.70. The van der Waals surface area contributed by atoms with Crippen LogP contribution in [-0.2, 0) is 20.9 Å². The number of thiazole rings is 1. The predicted octanol–water partition coefficient (Wildman–Crippen LogP) is 1.53. The first-order valence-corrected chi connectivity index (χ1v) is 11.0. The Hall–Kier alpha value is -2.62. The monoisotopic (exact) mass is 444 g/mol. The number of amides is 3. The maximum Gasteiger partial charge on any atom is 0.251 e. The molecule has 1 fully saturated rings. The molecule has 3 N–H and O–H groups in total. The summed E-state index contributed by atoms with van der Waals surface area (Å²) in [6.07, 6.45) is -0.371. The molecule has 8 nitrogen and oxygen atoms in total. The molecular weight excluding hydrogens is 416 g/mol. The Morgan fingerprint density at radius 3 is 2.48 bits per heavy atom. The normalized spacial score (nSPS) is 19.1. The average Bonchev–Trinajstić information content (AvgIpc) is 3.29. The molecule has 0 bridgehead atoms. The predicted molar refractivity (Wildman–Crippen MR) is 118 cm³/mol. The van der Waals surface area contributed by atoms with Crippen molar-refractivity contribution < 1.29 is 19.5 Å². The Balaban J connectivity index is 1.81. The van der Waals surface area contributed by atoms with Crippen LogP contribution in [0.3, 0.4) is 0 Å². The fourth-order valence-corrected chi connectivity index (χ4v) is 4.63. The van der Waals surface area contributed by atoms with Crippen LogP contribution in [0.25, 0.3) is 10.4 Å². The number of aromatic nitrogens is 1. The average molecular weight is 445 g/mol. The van der Waals surface area contributed by atoms with E-state index in [0.717, 1.165) is 31.6 Å². The molecule has 1 aliphatic rings. The van der Waals surface area contributed by atoms with Crippen molar-refractivity contribution in [3.63, 3.8) is 0 Å². The van der Waals surface area contributed by atoms with E-state index in [2.05, 4.69) is 15.6 Å². The van der Waals surface area contributed by atoms with E-state index in [4.69, 9.17) is 0 Å². The third-order valence-corrected chi connectivity index (χ3v) is 6.31. The van der Waals surface area contributed by atoms with Gasteiger partial charge in [-0.2, -0.15) is 0 Å². The largest absolute Gasteiger partial charge is 0.392 e. The van der Waals surface area contributed by atoms with Crippen LogP contribution >= 0.6 is 11.3 Å². The van der Waals surface area contributed by atoms with Gasteiger partial charge in [0.15, 0.2) is 0 Å². The number of aliphatic hydroxyl groups excluding tert-OH is 1. The van der Waals surface area contributed by atoms with Gasteiger partial charge in [0.2, 0.25) is 11.8 Å². The molecule has 0 aliphatic carbocycles. The summed E-state index contributed by atoms with van der Waals surface area (Å²) in [5, 5.41) is 16.3. The lowest BCUT2D eigenvalue weighted by Crippen LogP contribution is -2.52. The van der Waals surface area contributed by atoms with Gasteiger partial charge in [0.1, 0.15) is 6.04 Å². The SMILES string of the molecule is CC(=O)N[C@@H](C)C(=O)N(Cc1ccc(-c2sc(C)nc2C)cc1)C(=O)[C@@H]1C[C@@H](O)CN1. The molecule has 0 radical (unpaired) electrons. The minimum atomic E-state index is -0.838. The van der Waals surface area contributed by atoms with Crippen LogP contribution in [0.5, 0.6) is 0 Å². The summed E-state index contributed by atoms with van der Waals surface area (Å²) in [4.78, 5) is 44.2. The second-order valence-electron chi connectivity index (χ2n) is 7.88. The number of aryl methyl sites for hydroxylation is 2. The number of carbonyl (C=O) groups is 3. The number of aliphatic hydroxyl groups is 1. The van der Waals surface area contributed by atoms with Crippen molar-refractivity contribution in [3.8, 4) is 10.4 Å². The zero-order valence-electron chi connectivity index (χ0n) is 18.1. The maximum atomic E-state index is 13.1. The van der Waals surface area contributed by atoms with Gasteiger partial charge in [-0.15, -0.1) is 11.3 Å². The first-order valence-electron chi connectivity index (χ1n) is 10.2. The van der Waals surface area contributed by atoms with Gasteiger partial charge in [0.25, 0.3) is 5.91 Å². The van der Waals surface area contributed by atoms with Gasteiger partial charge in [-0.25, -0.2) is 4.98 Å². The van der Waals surface area contributed by atoms with Crippen LogP contribution in [0.4, 0.5) is 0 Å². The highest BCUT2D eigenvalue weighted by atomic mass is 32.1. The fraction of sp³-hybridized carbons (Fsp3) is 0.455. The van der Waals surface area contributed by atoms with Gasteiger partial charge in [-0.3, -0.25) is 19.3 Å². The van der Waals surface area contributed by atoms with E-state index in [1.54, 1.807) is 18.3 Å². The summed E-state index contributed by atoms with van der Waals surface area (Å²) in [6, 6.07) is 6.21. The zero-order valence-corrected chi connectivity index (χ0v) is 19.0. The van der Waals surface area contributed by atoms with Crippen molar-refractivity contribution in [2.45, 2.75) is 58.8 Å². The molecule has 3 atom stereocenters. The Labute approximate surface area is 185 Å². The highest BCUT2D eigenvalue weighted by molar-refractivity contribution is 7.15. The molecule has 3 rings (SSSR count). The van der Waals surface area contributed by atoms with Crippen molar-refractivity contribution in [3.05, 3.63) is 40.5 Å². The maximum absolute atomic E-state index is 13.1. The molecule has 1 saturated heterocycles. The number of carbonyl (C=O) groups excluding carboxylic acids is 3. The van der Waals surface area contributed by atoms with Gasteiger partial charge in [0, 0.05) is 13.5 Å². The third-order valence-electron chi connectivity index (χ3n) is 5.19. The van der Waals surface area contributed by atoms with Gasteiger partial charge in [-0.05, 0) is 38.3 Å². The highest BCUT2D eigenvalue weighted by Gasteiger charge is 2.35. The quantitative estimate of drug-likeness (QED) is 0.623. The molecule has 9 heteroatoms. The molecule has 3 amide bonds. The molecule has 166 valence electrons. The number of nitrogens with zero attached hydrogens (tertiary/aromatic N) is 2. The Kier molecular flexibility index (Phi) is 7.19. The molecule has 1 aromatic carbocycles. The van der Waals surface area contributed by atoms with Crippen LogP contribution in [-0.4, -0.2) is 57.4 Å². The molecular formula is C22H28N4O4S. The first kappa shape index (κ1) is 23.1. The van der Waals surface area contributed by atoms with Crippen molar-refractivity contribution in [2.75, 3.05) is 6.54 Å². The number of rotatable bonds is 6. The summed E-state index contributed by atoms with van der Waals surface area (Å²) in [5.74, 6) is -1.24. The van der Waals surface area contributed by atoms with E-state index >= 15 is 0 Å². The molecule has 0 unspecified atom stereocenters. The minimum absolute atomic E-state index is 0.0802. The second kappa shape index (κ2) is 9.67. The van der Waals surface area contributed by atoms with Crippen LogP contribution in [0.1, 0.15) is 36.5 Å². The highest BCUT2D eigenvalue weighted by Crippen LogP contribution is 2.30. The number of hydrogen-bond acceptors (Lipinski definition) is 7. The second-order valence-corrected chi connectivity index (χ2v) is 9.08. The van der Waals surface area contributed by atoms with E-state index in [0.29, 0.717) is 6.54 Å². The van der Waals surface area contributed by atoms with Gasteiger partial charge >= 0.3 is 0 Å². The van der Waals surface area contributed by atoms with Crippen LogP contribution in [0.15, 0.2) is 24.3 Å². The lowest BCUT2D eigenvalue weighted by Gasteiger charge is -2.27. The lowest BCUT2D eigenvalue weighted by atomic mass is 10.1. The number of β-amino-alcohol motifs (C(OH)–C–C–N with tert-alkyl or cyclic N) is 1. The molecule has 0 spiro atoms. The number of nitrogens with one attached hydrogen (secondary N) is 2. The van der Waals surface area contributed by atoms with Crippen molar-refractivity contribution in [2.24, 2.45) is 0 Å². The summed E-state index contributed by atoms with van der Waals surface area (Å²) in [5.41, 5.74) is 2.79. The van der Waals surface area contributed by atoms with E-state index in [1.807, 2.05) is 38.1 Å². The third kappa shape index (κ3) is 5.55. The number of benzene rings is 1. The van der Waals surface area contributed by atoms with E-state index in [1.165, 1.54) is 6.92 Å². The van der Waals surface area contributed by atoms with E-state index in [9.17, 15) is 19.5 Å². The lowest BCUT2D eigenvalue weighted by molar-refractivity contribution is -0.149. The molecule has 2 aromatic rings. The summed E-state index contributed by atoms with van der Waals surface area (Å²) < 4.78 is 0. The van der Waals surface area contributed by atoms with Crippen molar-refractivity contribution in [1.82, 2.24) is 20.5 Å². The summed E-state index contributed by atoms with van der Waals surface area (Å²) in [6.45, 7) is 7.21. The zero-order chi connectivity index (χ0) is 22.7. The van der Waals surface area contributed by atoms with Crippen molar-refractivity contribution >= 4 is 29.1 Å². The van der Waals surface area contributed by atoms with Crippen LogP contribution in [0.2, 0.25) is 0 Å². The van der Waals surface area contributed by atoms with Gasteiger partial charge in [-0.1, -0.05) is 24.3 Å². The van der Waals surface area contributed by atoms with Gasteiger partial charge < -0.3 is 15.7 Å². The smallest absolute Gasteiger partial charge is 0.251 e. The summed E-state index contributed by atoms with van der Waals surface area (Å²) >= 11 is 1.62. The summed E-state index contributed by atoms with van der Waals surface area (Å²) in [7, 11) is 0.